The Bertz CT molecular complexity index is 536. The molecule has 0 unspecified atom stereocenters. The van der Waals surface area contributed by atoms with E-state index in [1.807, 2.05) is 0 Å². The molecule has 1 N–H and O–H groups in total. The van der Waals surface area contributed by atoms with Gasteiger partial charge in [0.15, 0.2) is 5.69 Å². The van der Waals surface area contributed by atoms with Gasteiger partial charge in [-0.05, 0) is 19.1 Å². The quantitative estimate of drug-likeness (QED) is 0.895. The first-order chi connectivity index (χ1) is 7.58. The van der Waals surface area contributed by atoms with Crippen molar-refractivity contribution in [2.45, 2.75) is 6.92 Å². The topological polar surface area (TPSA) is 63.1 Å². The third kappa shape index (κ3) is 2.05. The van der Waals surface area contributed by atoms with Crippen molar-refractivity contribution in [3.63, 3.8) is 0 Å². The van der Waals surface area contributed by atoms with Crippen LogP contribution in [0.4, 0.5) is 0 Å². The zero-order valence-electron chi connectivity index (χ0n) is 8.27. The Kier molecular flexibility index (Phi) is 2.89. The summed E-state index contributed by atoms with van der Waals surface area (Å²) in [5, 5.41) is 10.00. The van der Waals surface area contributed by atoms with Gasteiger partial charge in [-0.15, -0.1) is 11.3 Å². The Hall–Kier alpha value is -1.46. The highest BCUT2D eigenvalue weighted by Crippen LogP contribution is 2.26. The van der Waals surface area contributed by atoms with E-state index in [1.54, 1.807) is 19.1 Å². The van der Waals surface area contributed by atoms with Gasteiger partial charge in [-0.3, -0.25) is 4.98 Å². The first kappa shape index (κ1) is 11.0. The number of pyridine rings is 1. The number of thiazole rings is 1. The van der Waals surface area contributed by atoms with Crippen molar-refractivity contribution in [2.75, 3.05) is 0 Å². The number of carboxylic acid groups (broad SMARTS) is 1. The molecular formula is C10H7ClN2O2S. The fraction of sp³-hybridized carbons (Fsp3) is 0.100. The molecule has 0 spiro atoms. The Morgan fingerprint density at radius 3 is 2.75 bits per heavy atom. The molecule has 2 heterocycles. The summed E-state index contributed by atoms with van der Waals surface area (Å²) in [6.07, 6.45) is 1.51. The highest BCUT2D eigenvalue weighted by molar-refractivity contribution is 7.15. The lowest BCUT2D eigenvalue weighted by molar-refractivity contribution is 0.0690. The molecule has 0 radical (unpaired) electrons. The first-order valence-corrected chi connectivity index (χ1v) is 5.60. The molecule has 0 aliphatic heterocycles. The predicted octanol–water partition coefficient (Wildman–Crippen LogP) is 2.87. The fourth-order valence-electron chi connectivity index (χ4n) is 1.21. The molecule has 2 aromatic heterocycles. The molecule has 0 aliphatic carbocycles. The van der Waals surface area contributed by atoms with Crippen molar-refractivity contribution < 1.29 is 9.90 Å². The number of rotatable bonds is 2. The second kappa shape index (κ2) is 4.19. The van der Waals surface area contributed by atoms with E-state index >= 15 is 0 Å². The van der Waals surface area contributed by atoms with E-state index in [0.717, 1.165) is 0 Å². The van der Waals surface area contributed by atoms with Crippen LogP contribution in [0.2, 0.25) is 5.02 Å². The SMILES string of the molecule is Cc1sc(-c2ccc(Cl)cn2)nc1C(=O)O. The molecule has 2 rings (SSSR count). The minimum absolute atomic E-state index is 0.0803. The number of hydrogen-bond donors (Lipinski definition) is 1. The highest BCUT2D eigenvalue weighted by atomic mass is 35.5. The van der Waals surface area contributed by atoms with Crippen LogP contribution in [0.15, 0.2) is 18.3 Å². The van der Waals surface area contributed by atoms with Crippen molar-refractivity contribution in [3.8, 4) is 10.7 Å². The summed E-state index contributed by atoms with van der Waals surface area (Å²) in [5.74, 6) is -1.02. The molecule has 0 fully saturated rings. The van der Waals surface area contributed by atoms with Gasteiger partial charge in [-0.1, -0.05) is 11.6 Å². The van der Waals surface area contributed by atoms with E-state index in [1.165, 1.54) is 17.5 Å². The van der Waals surface area contributed by atoms with Gasteiger partial charge in [0.2, 0.25) is 0 Å². The first-order valence-electron chi connectivity index (χ1n) is 4.40. The summed E-state index contributed by atoms with van der Waals surface area (Å²) in [5.41, 5.74) is 0.710. The number of aromatic carboxylic acids is 1. The summed E-state index contributed by atoms with van der Waals surface area (Å²) >= 11 is 7.02. The van der Waals surface area contributed by atoms with Gasteiger partial charge in [0.05, 0.1) is 10.7 Å². The Labute approximate surface area is 101 Å². The summed E-state index contributed by atoms with van der Waals surface area (Å²) in [7, 11) is 0. The number of aromatic nitrogens is 2. The summed E-state index contributed by atoms with van der Waals surface area (Å²) in [6, 6.07) is 3.41. The maximum atomic E-state index is 10.8. The lowest BCUT2D eigenvalue weighted by Gasteiger charge is -1.94. The summed E-state index contributed by atoms with van der Waals surface area (Å²) in [6.45, 7) is 1.72. The molecule has 0 bridgehead atoms. The zero-order chi connectivity index (χ0) is 11.7. The van der Waals surface area contributed by atoms with Gasteiger partial charge < -0.3 is 5.11 Å². The van der Waals surface area contributed by atoms with E-state index < -0.39 is 5.97 Å². The molecule has 0 amide bonds. The van der Waals surface area contributed by atoms with Crippen molar-refractivity contribution in [2.24, 2.45) is 0 Å². The Balaban J connectivity index is 2.45. The zero-order valence-corrected chi connectivity index (χ0v) is 9.84. The van der Waals surface area contributed by atoms with Crippen molar-refractivity contribution in [1.82, 2.24) is 9.97 Å². The maximum absolute atomic E-state index is 10.8. The lowest BCUT2D eigenvalue weighted by atomic mass is 10.3. The molecule has 4 nitrogen and oxygen atoms in total. The molecule has 2 aromatic rings. The standard InChI is InChI=1S/C10H7ClN2O2S/c1-5-8(10(14)15)13-9(16-5)7-3-2-6(11)4-12-7/h2-4H,1H3,(H,14,15). The summed E-state index contributed by atoms with van der Waals surface area (Å²) < 4.78 is 0. The number of halogens is 1. The van der Waals surface area contributed by atoms with Gasteiger partial charge in [0.25, 0.3) is 0 Å². The number of hydrogen-bond acceptors (Lipinski definition) is 4. The van der Waals surface area contributed by atoms with Gasteiger partial charge in [0, 0.05) is 11.1 Å². The normalized spacial score (nSPS) is 10.4. The van der Waals surface area contributed by atoms with E-state index in [0.29, 0.717) is 20.6 Å². The predicted molar refractivity (Wildman–Crippen MR) is 62.1 cm³/mol. The van der Waals surface area contributed by atoms with Crippen LogP contribution in [0, 0.1) is 6.92 Å². The minimum atomic E-state index is -1.02. The molecular weight excluding hydrogens is 248 g/mol. The molecule has 0 aliphatic rings. The molecule has 16 heavy (non-hydrogen) atoms. The largest absolute Gasteiger partial charge is 0.476 e. The number of nitrogens with zero attached hydrogens (tertiary/aromatic N) is 2. The third-order valence-corrected chi connectivity index (χ3v) is 3.16. The van der Waals surface area contributed by atoms with Gasteiger partial charge in [-0.2, -0.15) is 0 Å². The average molecular weight is 255 g/mol. The van der Waals surface area contributed by atoms with Gasteiger partial charge in [0.1, 0.15) is 5.01 Å². The maximum Gasteiger partial charge on any atom is 0.355 e. The fourth-order valence-corrected chi connectivity index (χ4v) is 2.20. The van der Waals surface area contributed by atoms with Crippen molar-refractivity contribution in [1.29, 1.82) is 0 Å². The Morgan fingerprint density at radius 1 is 1.50 bits per heavy atom. The molecule has 6 heteroatoms. The second-order valence-corrected chi connectivity index (χ2v) is 4.73. The highest BCUT2D eigenvalue weighted by Gasteiger charge is 2.15. The summed E-state index contributed by atoms with van der Waals surface area (Å²) in [4.78, 5) is 19.6. The van der Waals surface area contributed by atoms with E-state index in [4.69, 9.17) is 16.7 Å². The van der Waals surface area contributed by atoms with Crippen LogP contribution in [0.1, 0.15) is 15.4 Å². The molecule has 82 valence electrons. The number of aryl methyl sites for hydroxylation is 1. The van der Waals surface area contributed by atoms with E-state index in [9.17, 15) is 4.79 Å². The van der Waals surface area contributed by atoms with Crippen LogP contribution in [-0.4, -0.2) is 21.0 Å². The molecule has 0 atom stereocenters. The monoisotopic (exact) mass is 254 g/mol. The lowest BCUT2D eigenvalue weighted by Crippen LogP contribution is -1.98. The van der Waals surface area contributed by atoms with Crippen LogP contribution in [-0.2, 0) is 0 Å². The van der Waals surface area contributed by atoms with Gasteiger partial charge in [-0.25, -0.2) is 9.78 Å². The number of carboxylic acids is 1. The van der Waals surface area contributed by atoms with Crippen molar-refractivity contribution in [3.05, 3.63) is 33.9 Å². The minimum Gasteiger partial charge on any atom is -0.476 e. The number of carbonyl (C=O) groups is 1. The van der Waals surface area contributed by atoms with Crippen LogP contribution >= 0.6 is 22.9 Å². The van der Waals surface area contributed by atoms with E-state index in [2.05, 4.69) is 9.97 Å². The van der Waals surface area contributed by atoms with E-state index in [-0.39, 0.29) is 5.69 Å². The molecule has 0 aromatic carbocycles. The Morgan fingerprint density at radius 2 is 2.25 bits per heavy atom. The molecule has 0 saturated carbocycles. The van der Waals surface area contributed by atoms with Crippen LogP contribution in [0.25, 0.3) is 10.7 Å². The molecule has 0 saturated heterocycles. The average Bonchev–Trinajstić information content (AvgIpc) is 2.61. The third-order valence-electron chi connectivity index (χ3n) is 1.95. The van der Waals surface area contributed by atoms with Crippen LogP contribution in [0.3, 0.4) is 0 Å². The van der Waals surface area contributed by atoms with Crippen molar-refractivity contribution >= 4 is 28.9 Å². The second-order valence-electron chi connectivity index (χ2n) is 3.09. The van der Waals surface area contributed by atoms with Gasteiger partial charge >= 0.3 is 5.97 Å². The van der Waals surface area contributed by atoms with Crippen LogP contribution < -0.4 is 0 Å². The smallest absolute Gasteiger partial charge is 0.355 e. The van der Waals surface area contributed by atoms with Crippen LogP contribution in [0.5, 0.6) is 0 Å².